The van der Waals surface area contributed by atoms with Crippen LogP contribution >= 0.6 is 0 Å². The first-order valence-electron chi connectivity index (χ1n) is 7.42. The number of rotatable bonds is 4. The van der Waals surface area contributed by atoms with E-state index in [9.17, 15) is 0 Å². The maximum absolute atomic E-state index is 6.01. The Bertz CT molecular complexity index is 465. The van der Waals surface area contributed by atoms with Crippen LogP contribution in [-0.4, -0.2) is 53.6 Å². The summed E-state index contributed by atoms with van der Waals surface area (Å²) in [7, 11) is 1.70. The van der Waals surface area contributed by atoms with Crippen molar-refractivity contribution in [2.75, 3.05) is 26.8 Å². The summed E-state index contributed by atoms with van der Waals surface area (Å²) in [5, 5.41) is 4.10. The monoisotopic (exact) mass is 297 g/mol. The van der Waals surface area contributed by atoms with Gasteiger partial charge < -0.3 is 14.0 Å². The van der Waals surface area contributed by atoms with Crippen molar-refractivity contribution in [1.82, 2.24) is 15.0 Å². The number of aromatic nitrogens is 2. The zero-order chi connectivity index (χ0) is 15.7. The average Bonchev–Trinajstić information content (AvgIpc) is 2.75. The Balaban J connectivity index is 2.02. The Morgan fingerprint density at radius 2 is 2.10 bits per heavy atom. The fourth-order valence-corrected chi connectivity index (χ4v) is 2.63. The number of nitrogens with zero attached hydrogens (tertiary/aromatic N) is 3. The predicted molar refractivity (Wildman–Crippen MR) is 79.1 cm³/mol. The van der Waals surface area contributed by atoms with Crippen LogP contribution in [0.15, 0.2) is 4.52 Å². The van der Waals surface area contributed by atoms with Crippen LogP contribution in [0.2, 0.25) is 0 Å². The first-order valence-corrected chi connectivity index (χ1v) is 7.42. The Morgan fingerprint density at radius 1 is 1.38 bits per heavy atom. The van der Waals surface area contributed by atoms with Gasteiger partial charge in [-0.25, -0.2) is 0 Å². The van der Waals surface area contributed by atoms with Gasteiger partial charge in [-0.3, -0.25) is 4.90 Å². The number of methoxy groups -OCH3 is 1. The third-order valence-corrected chi connectivity index (χ3v) is 3.38. The summed E-state index contributed by atoms with van der Waals surface area (Å²) in [6.45, 7) is 13.3. The molecule has 6 nitrogen and oxygen atoms in total. The molecule has 1 atom stereocenters. The van der Waals surface area contributed by atoms with Crippen molar-refractivity contribution in [3.8, 4) is 0 Å². The lowest BCUT2D eigenvalue weighted by Crippen LogP contribution is -2.53. The molecule has 0 spiro atoms. The second-order valence-corrected chi connectivity index (χ2v) is 7.39. The van der Waals surface area contributed by atoms with Gasteiger partial charge in [0.2, 0.25) is 5.89 Å². The van der Waals surface area contributed by atoms with Gasteiger partial charge in [-0.2, -0.15) is 4.98 Å². The third-order valence-electron chi connectivity index (χ3n) is 3.38. The van der Waals surface area contributed by atoms with Gasteiger partial charge in [-0.15, -0.1) is 0 Å². The molecule has 0 bridgehead atoms. The van der Waals surface area contributed by atoms with Crippen molar-refractivity contribution in [3.63, 3.8) is 0 Å². The maximum Gasteiger partial charge on any atom is 0.232 e. The summed E-state index contributed by atoms with van der Waals surface area (Å²) in [5.41, 5.74) is -0.313. The van der Waals surface area contributed by atoms with Crippen molar-refractivity contribution < 1.29 is 14.0 Å². The minimum atomic E-state index is -0.196. The minimum absolute atomic E-state index is 0.0766. The molecule has 0 aromatic carbocycles. The van der Waals surface area contributed by atoms with Gasteiger partial charge in [0.1, 0.15) is 0 Å². The van der Waals surface area contributed by atoms with Gasteiger partial charge in [0.05, 0.1) is 24.9 Å². The summed E-state index contributed by atoms with van der Waals surface area (Å²) >= 11 is 0. The second kappa shape index (κ2) is 6.02. The molecule has 1 aromatic heterocycles. The van der Waals surface area contributed by atoms with Gasteiger partial charge in [-0.05, 0) is 13.8 Å². The zero-order valence-corrected chi connectivity index (χ0v) is 14.0. The maximum atomic E-state index is 6.01. The molecule has 1 aliphatic heterocycles. The Kier molecular flexibility index (Phi) is 4.70. The van der Waals surface area contributed by atoms with E-state index in [0.29, 0.717) is 19.0 Å². The highest BCUT2D eigenvalue weighted by Gasteiger charge is 2.34. The Labute approximate surface area is 126 Å². The van der Waals surface area contributed by atoms with E-state index < -0.39 is 0 Å². The fraction of sp³-hybridized carbons (Fsp3) is 0.867. The highest BCUT2D eigenvalue weighted by Crippen LogP contribution is 2.24. The molecule has 120 valence electrons. The van der Waals surface area contributed by atoms with E-state index in [1.807, 2.05) is 0 Å². The molecule has 0 unspecified atom stereocenters. The highest BCUT2D eigenvalue weighted by molar-refractivity contribution is 4.99. The van der Waals surface area contributed by atoms with Gasteiger partial charge >= 0.3 is 0 Å². The minimum Gasteiger partial charge on any atom is -0.382 e. The molecule has 0 radical (unpaired) electrons. The van der Waals surface area contributed by atoms with Crippen molar-refractivity contribution >= 4 is 0 Å². The molecule has 0 N–H and O–H groups in total. The summed E-state index contributed by atoms with van der Waals surface area (Å²) in [4.78, 5) is 6.80. The van der Waals surface area contributed by atoms with Crippen LogP contribution < -0.4 is 0 Å². The van der Waals surface area contributed by atoms with Crippen molar-refractivity contribution in [2.24, 2.45) is 0 Å². The summed E-state index contributed by atoms with van der Waals surface area (Å²) in [6, 6.07) is 0. The van der Waals surface area contributed by atoms with Crippen LogP contribution in [0.1, 0.15) is 46.3 Å². The number of ether oxygens (including phenoxy) is 2. The standard InChI is InChI=1S/C15H27N3O3/c1-14(2,3)13-16-12(17-21-13)8-18-7-11(9-19-6)20-15(4,5)10-18/h11H,7-10H2,1-6H3/t11-/m1/s1. The van der Waals surface area contributed by atoms with Crippen LogP contribution in [0, 0.1) is 0 Å². The lowest BCUT2D eigenvalue weighted by Gasteiger charge is -2.42. The molecule has 0 amide bonds. The first kappa shape index (κ1) is 16.4. The molecule has 0 aliphatic carbocycles. The molecule has 2 heterocycles. The van der Waals surface area contributed by atoms with Gasteiger partial charge in [0, 0.05) is 25.6 Å². The van der Waals surface area contributed by atoms with Gasteiger partial charge in [0.25, 0.3) is 0 Å². The quantitative estimate of drug-likeness (QED) is 0.847. The lowest BCUT2D eigenvalue weighted by molar-refractivity contribution is -0.154. The number of hydrogen-bond donors (Lipinski definition) is 0. The molecular weight excluding hydrogens is 270 g/mol. The van der Waals surface area contributed by atoms with Crippen LogP contribution in [-0.2, 0) is 21.4 Å². The molecule has 1 saturated heterocycles. The molecule has 6 heteroatoms. The number of hydrogen-bond acceptors (Lipinski definition) is 6. The van der Waals surface area contributed by atoms with E-state index in [0.717, 1.165) is 18.9 Å². The van der Waals surface area contributed by atoms with Crippen molar-refractivity contribution in [3.05, 3.63) is 11.7 Å². The molecule has 0 saturated carbocycles. The highest BCUT2D eigenvalue weighted by atomic mass is 16.5. The Morgan fingerprint density at radius 3 is 2.67 bits per heavy atom. The van der Waals surface area contributed by atoms with Crippen LogP contribution in [0.4, 0.5) is 0 Å². The molecule has 21 heavy (non-hydrogen) atoms. The van der Waals surface area contributed by atoms with Crippen molar-refractivity contribution in [2.45, 2.75) is 58.3 Å². The smallest absolute Gasteiger partial charge is 0.232 e. The van der Waals surface area contributed by atoms with Crippen LogP contribution in [0.5, 0.6) is 0 Å². The molecule has 1 aliphatic rings. The predicted octanol–water partition coefficient (Wildman–Crippen LogP) is 1.99. The number of morpholine rings is 1. The zero-order valence-electron chi connectivity index (χ0n) is 14.0. The first-order chi connectivity index (χ1) is 9.69. The normalized spacial score (nSPS) is 23.4. The van der Waals surface area contributed by atoms with Crippen molar-refractivity contribution in [1.29, 1.82) is 0 Å². The molecule has 1 aromatic rings. The Hall–Kier alpha value is -0.980. The fourth-order valence-electron chi connectivity index (χ4n) is 2.63. The second-order valence-electron chi connectivity index (χ2n) is 7.39. The molecule has 1 fully saturated rings. The van der Waals surface area contributed by atoms with E-state index in [2.05, 4.69) is 49.7 Å². The molecule has 2 rings (SSSR count). The summed E-state index contributed by atoms with van der Waals surface area (Å²) in [5.74, 6) is 1.41. The SMILES string of the molecule is COC[C@H]1CN(Cc2noc(C(C)(C)C)n2)CC(C)(C)O1. The average molecular weight is 297 g/mol. The van der Waals surface area contributed by atoms with E-state index >= 15 is 0 Å². The van der Waals surface area contributed by atoms with Crippen LogP contribution in [0.3, 0.4) is 0 Å². The van der Waals surface area contributed by atoms with Gasteiger partial charge in [0.15, 0.2) is 5.82 Å². The topological polar surface area (TPSA) is 60.6 Å². The third kappa shape index (κ3) is 4.49. The van der Waals surface area contributed by atoms with Gasteiger partial charge in [-0.1, -0.05) is 25.9 Å². The van der Waals surface area contributed by atoms with E-state index in [1.165, 1.54) is 0 Å². The summed E-state index contributed by atoms with van der Waals surface area (Å²) in [6.07, 6.45) is 0.0766. The van der Waals surface area contributed by atoms with E-state index in [-0.39, 0.29) is 17.1 Å². The largest absolute Gasteiger partial charge is 0.382 e. The molecular formula is C15H27N3O3. The van der Waals surface area contributed by atoms with E-state index in [1.54, 1.807) is 7.11 Å². The van der Waals surface area contributed by atoms with Crippen LogP contribution in [0.25, 0.3) is 0 Å². The lowest BCUT2D eigenvalue weighted by atomic mass is 9.97. The summed E-state index contributed by atoms with van der Waals surface area (Å²) < 4.78 is 16.6. The van der Waals surface area contributed by atoms with E-state index in [4.69, 9.17) is 14.0 Å².